The second-order valence-corrected chi connectivity index (χ2v) is 8.10. The zero-order chi connectivity index (χ0) is 16.9. The Morgan fingerprint density at radius 1 is 1.21 bits per heavy atom. The van der Waals surface area contributed by atoms with Gasteiger partial charge < -0.3 is 14.6 Å². The van der Waals surface area contributed by atoms with Crippen molar-refractivity contribution in [1.29, 1.82) is 0 Å². The van der Waals surface area contributed by atoms with Crippen LogP contribution in [0.15, 0.2) is 18.2 Å². The van der Waals surface area contributed by atoms with Crippen LogP contribution in [0, 0.1) is 23.7 Å². The topological polar surface area (TPSA) is 55.8 Å². The number of rotatable bonds is 3. The molecule has 1 N–H and O–H groups in total. The van der Waals surface area contributed by atoms with Crippen molar-refractivity contribution in [2.45, 2.75) is 58.0 Å². The van der Waals surface area contributed by atoms with E-state index in [0.717, 1.165) is 24.8 Å². The fraction of sp³-hybridized carbons (Fsp3) is 0.650. The normalized spacial score (nSPS) is 36.6. The first-order valence-corrected chi connectivity index (χ1v) is 9.21. The van der Waals surface area contributed by atoms with Gasteiger partial charge in [0.1, 0.15) is 17.1 Å². The Kier molecular flexibility index (Phi) is 3.74. The van der Waals surface area contributed by atoms with Crippen LogP contribution >= 0.6 is 0 Å². The smallest absolute Gasteiger partial charge is 0.508 e. The fourth-order valence-corrected chi connectivity index (χ4v) is 5.59. The van der Waals surface area contributed by atoms with Crippen LogP contribution in [-0.4, -0.2) is 16.9 Å². The van der Waals surface area contributed by atoms with Gasteiger partial charge in [-0.05, 0) is 79.9 Å². The van der Waals surface area contributed by atoms with Crippen LogP contribution in [0.1, 0.15) is 51.5 Å². The molecule has 0 heterocycles. The summed E-state index contributed by atoms with van der Waals surface area (Å²) in [5.74, 6) is 2.98. The second kappa shape index (κ2) is 5.68. The lowest BCUT2D eigenvalue weighted by atomic mass is 9.50. The van der Waals surface area contributed by atoms with Crippen molar-refractivity contribution >= 4 is 6.16 Å². The first kappa shape index (κ1) is 15.8. The molecule has 1 aromatic carbocycles. The minimum absolute atomic E-state index is 0.111. The molecule has 130 valence electrons. The van der Waals surface area contributed by atoms with Gasteiger partial charge in [-0.1, -0.05) is 13.8 Å². The van der Waals surface area contributed by atoms with Crippen LogP contribution in [0.2, 0.25) is 0 Å². The molecule has 3 unspecified atom stereocenters. The van der Waals surface area contributed by atoms with E-state index in [1.54, 1.807) is 12.1 Å². The molecule has 3 atom stereocenters. The molecule has 4 aliphatic carbocycles. The third-order valence-electron chi connectivity index (χ3n) is 6.59. The predicted octanol–water partition coefficient (Wildman–Crippen LogP) is 4.68. The molecule has 1 aromatic rings. The lowest BCUT2D eigenvalue weighted by molar-refractivity contribution is -0.172. The Morgan fingerprint density at radius 3 is 2.58 bits per heavy atom. The third kappa shape index (κ3) is 2.66. The minimum atomic E-state index is -0.628. The van der Waals surface area contributed by atoms with Gasteiger partial charge in [0, 0.05) is 6.07 Å². The van der Waals surface area contributed by atoms with E-state index in [4.69, 9.17) is 9.47 Å². The summed E-state index contributed by atoms with van der Waals surface area (Å²) in [5, 5.41) is 9.75. The van der Waals surface area contributed by atoms with Crippen LogP contribution in [-0.2, 0) is 11.2 Å². The molecule has 0 saturated heterocycles. The van der Waals surface area contributed by atoms with E-state index in [9.17, 15) is 9.90 Å². The molecule has 4 nitrogen and oxygen atoms in total. The third-order valence-corrected chi connectivity index (χ3v) is 6.59. The molecule has 0 aromatic heterocycles. The number of phenolic OH excluding ortho intramolecular Hbond substituents is 1. The zero-order valence-electron chi connectivity index (χ0n) is 14.5. The lowest BCUT2D eigenvalue weighted by Crippen LogP contribution is -2.58. The number of benzene rings is 1. The molecule has 4 bridgehead atoms. The number of ether oxygens (including phenoxy) is 2. The summed E-state index contributed by atoms with van der Waals surface area (Å²) in [5.41, 5.74) is 0.594. The molecule has 4 aliphatic rings. The van der Waals surface area contributed by atoms with Crippen molar-refractivity contribution in [1.82, 2.24) is 0 Å². The first-order valence-electron chi connectivity index (χ1n) is 9.21. The number of aryl methyl sites for hydroxylation is 1. The van der Waals surface area contributed by atoms with E-state index in [0.29, 0.717) is 29.4 Å². The fourth-order valence-electron chi connectivity index (χ4n) is 5.59. The van der Waals surface area contributed by atoms with Gasteiger partial charge in [0.15, 0.2) is 0 Å². The summed E-state index contributed by atoms with van der Waals surface area (Å²) < 4.78 is 11.3. The van der Waals surface area contributed by atoms with Crippen LogP contribution in [0.5, 0.6) is 11.5 Å². The molecule has 4 saturated carbocycles. The number of carbonyl (C=O) groups is 1. The summed E-state index contributed by atoms with van der Waals surface area (Å²) in [6, 6.07) is 4.92. The van der Waals surface area contributed by atoms with E-state index in [-0.39, 0.29) is 11.4 Å². The average molecular weight is 330 g/mol. The molecular weight excluding hydrogens is 304 g/mol. The molecule has 0 spiro atoms. The van der Waals surface area contributed by atoms with Crippen molar-refractivity contribution in [2.75, 3.05) is 0 Å². The maximum absolute atomic E-state index is 12.4. The summed E-state index contributed by atoms with van der Waals surface area (Å²) >= 11 is 0. The van der Waals surface area contributed by atoms with Gasteiger partial charge in [-0.25, -0.2) is 4.79 Å². The maximum atomic E-state index is 12.4. The van der Waals surface area contributed by atoms with Gasteiger partial charge >= 0.3 is 6.16 Å². The van der Waals surface area contributed by atoms with Crippen molar-refractivity contribution < 1.29 is 19.4 Å². The highest BCUT2D eigenvalue weighted by molar-refractivity contribution is 5.65. The van der Waals surface area contributed by atoms with Gasteiger partial charge in [-0.15, -0.1) is 0 Å². The van der Waals surface area contributed by atoms with Crippen molar-refractivity contribution in [3.8, 4) is 11.5 Å². The molecule has 0 aliphatic heterocycles. The molecule has 0 radical (unpaired) electrons. The number of hydrogen-bond acceptors (Lipinski definition) is 4. The van der Waals surface area contributed by atoms with E-state index in [2.05, 4.69) is 6.92 Å². The summed E-state index contributed by atoms with van der Waals surface area (Å²) in [6.07, 6.45) is 6.00. The highest BCUT2D eigenvalue weighted by Gasteiger charge is 2.57. The molecule has 0 amide bonds. The predicted molar refractivity (Wildman–Crippen MR) is 90.0 cm³/mol. The Balaban J connectivity index is 1.49. The maximum Gasteiger partial charge on any atom is 0.514 e. The zero-order valence-corrected chi connectivity index (χ0v) is 14.5. The second-order valence-electron chi connectivity index (χ2n) is 8.10. The Hall–Kier alpha value is -1.71. The molecule has 5 rings (SSSR count). The lowest BCUT2D eigenvalue weighted by Gasteiger charge is -2.59. The molecule has 4 fully saturated rings. The molecular formula is C20H26O4. The standard InChI is InChI=1S/C20H26O4/c1-3-13-7-17(21)9-18(8-13)23-19(22)24-20-10-14-4-15(11-20)6-16(5-14)12(20)2/h7-9,12,14-16,21H,3-6,10-11H2,1-2H3. The Bertz CT molecular complexity index is 639. The van der Waals surface area contributed by atoms with E-state index in [1.807, 2.05) is 6.92 Å². The number of hydrogen-bond donors (Lipinski definition) is 1. The quantitative estimate of drug-likeness (QED) is 0.645. The van der Waals surface area contributed by atoms with Crippen LogP contribution in [0.4, 0.5) is 4.79 Å². The average Bonchev–Trinajstić information content (AvgIpc) is 2.50. The van der Waals surface area contributed by atoms with Gasteiger partial charge in [-0.3, -0.25) is 0 Å². The highest BCUT2D eigenvalue weighted by Crippen LogP contribution is 2.59. The Labute approximate surface area is 143 Å². The molecule has 24 heavy (non-hydrogen) atoms. The van der Waals surface area contributed by atoms with Crippen LogP contribution < -0.4 is 4.74 Å². The van der Waals surface area contributed by atoms with Crippen LogP contribution in [0.3, 0.4) is 0 Å². The first-order chi connectivity index (χ1) is 11.5. The monoisotopic (exact) mass is 330 g/mol. The van der Waals surface area contributed by atoms with Gasteiger partial charge in [-0.2, -0.15) is 0 Å². The van der Waals surface area contributed by atoms with Crippen molar-refractivity contribution in [2.24, 2.45) is 23.7 Å². The highest BCUT2D eigenvalue weighted by atomic mass is 16.7. The number of carbonyl (C=O) groups excluding carboxylic acids is 1. The summed E-state index contributed by atoms with van der Waals surface area (Å²) in [7, 11) is 0. The Morgan fingerprint density at radius 2 is 1.92 bits per heavy atom. The van der Waals surface area contributed by atoms with Crippen molar-refractivity contribution in [3.05, 3.63) is 23.8 Å². The largest absolute Gasteiger partial charge is 0.514 e. The van der Waals surface area contributed by atoms with E-state index >= 15 is 0 Å². The van der Waals surface area contributed by atoms with Crippen LogP contribution in [0.25, 0.3) is 0 Å². The van der Waals surface area contributed by atoms with E-state index in [1.165, 1.54) is 25.3 Å². The van der Waals surface area contributed by atoms with E-state index < -0.39 is 6.16 Å². The van der Waals surface area contributed by atoms with Gasteiger partial charge in [0.05, 0.1) is 0 Å². The van der Waals surface area contributed by atoms with Crippen molar-refractivity contribution in [3.63, 3.8) is 0 Å². The number of aromatic hydroxyl groups is 1. The molecule has 4 heteroatoms. The summed E-state index contributed by atoms with van der Waals surface area (Å²) in [6.45, 7) is 4.23. The van der Waals surface area contributed by atoms with Gasteiger partial charge in [0.25, 0.3) is 0 Å². The minimum Gasteiger partial charge on any atom is -0.508 e. The number of phenols is 1. The SMILES string of the molecule is CCc1cc(O)cc(OC(=O)OC23CC4CC(CC(C4)C2C)C3)c1. The summed E-state index contributed by atoms with van der Waals surface area (Å²) in [4.78, 5) is 12.4. The van der Waals surface area contributed by atoms with Gasteiger partial charge in [0.2, 0.25) is 0 Å².